The molecule has 106 valence electrons. The first-order valence-corrected chi connectivity index (χ1v) is 8.62. The molecule has 0 bridgehead atoms. The number of alkyl halides is 1. The van der Waals surface area contributed by atoms with Crippen molar-refractivity contribution in [1.82, 2.24) is 0 Å². The van der Waals surface area contributed by atoms with Crippen LogP contribution in [0.2, 0.25) is 0 Å². The van der Waals surface area contributed by atoms with Crippen molar-refractivity contribution in [2.45, 2.75) is 23.6 Å². The zero-order valence-electron chi connectivity index (χ0n) is 11.3. The van der Waals surface area contributed by atoms with E-state index in [-0.39, 0.29) is 9.72 Å². The third-order valence-corrected chi connectivity index (χ3v) is 4.84. The van der Waals surface area contributed by atoms with Crippen molar-refractivity contribution in [3.8, 4) is 0 Å². The van der Waals surface area contributed by atoms with E-state index in [0.29, 0.717) is 5.69 Å². The summed E-state index contributed by atoms with van der Waals surface area (Å²) in [5.41, 5.74) is 2.53. The Morgan fingerprint density at radius 1 is 1.05 bits per heavy atom. The number of para-hydroxylation sites is 1. The fraction of sp³-hybridized carbons (Fsp3) is 0.200. The molecule has 3 nitrogen and oxygen atoms in total. The number of aryl methyl sites for hydroxylation is 1. The highest BCUT2D eigenvalue weighted by atomic mass is 79.9. The molecule has 2 aromatic carbocycles. The van der Waals surface area contributed by atoms with Gasteiger partial charge < -0.3 is 0 Å². The number of sulfonamides is 1. The van der Waals surface area contributed by atoms with E-state index < -0.39 is 10.0 Å². The molecule has 1 atom stereocenters. The summed E-state index contributed by atoms with van der Waals surface area (Å²) in [6, 6.07) is 14.1. The lowest BCUT2D eigenvalue weighted by Gasteiger charge is -2.14. The Hall–Kier alpha value is -1.33. The third kappa shape index (κ3) is 3.41. The van der Waals surface area contributed by atoms with Crippen LogP contribution in [-0.4, -0.2) is 8.42 Å². The Morgan fingerprint density at radius 3 is 2.25 bits per heavy atom. The molecular weight excluding hydrogens is 338 g/mol. The molecule has 1 N–H and O–H groups in total. The zero-order valence-corrected chi connectivity index (χ0v) is 13.7. The molecule has 0 radical (unpaired) electrons. The summed E-state index contributed by atoms with van der Waals surface area (Å²) >= 11 is 3.47. The first-order valence-electron chi connectivity index (χ1n) is 6.22. The lowest BCUT2D eigenvalue weighted by atomic mass is 10.1. The van der Waals surface area contributed by atoms with Crippen LogP contribution in [0.3, 0.4) is 0 Å². The maximum atomic E-state index is 12.4. The van der Waals surface area contributed by atoms with Crippen molar-refractivity contribution in [1.29, 1.82) is 0 Å². The minimum atomic E-state index is -3.56. The fourth-order valence-corrected chi connectivity index (χ4v) is 3.34. The molecule has 20 heavy (non-hydrogen) atoms. The molecule has 0 spiro atoms. The van der Waals surface area contributed by atoms with E-state index in [2.05, 4.69) is 20.7 Å². The molecular formula is C15H16BrNO2S. The van der Waals surface area contributed by atoms with E-state index in [1.165, 1.54) is 0 Å². The van der Waals surface area contributed by atoms with Crippen LogP contribution < -0.4 is 4.72 Å². The van der Waals surface area contributed by atoms with Crippen LogP contribution in [-0.2, 0) is 10.0 Å². The van der Waals surface area contributed by atoms with Crippen LogP contribution in [0.15, 0.2) is 53.4 Å². The summed E-state index contributed by atoms with van der Waals surface area (Å²) in [5.74, 6) is 0. The first-order chi connectivity index (χ1) is 9.40. The largest absolute Gasteiger partial charge is 0.279 e. The van der Waals surface area contributed by atoms with Crippen LogP contribution in [0.5, 0.6) is 0 Å². The highest BCUT2D eigenvalue weighted by Gasteiger charge is 2.16. The SMILES string of the molecule is Cc1ccc(S(=O)(=O)Nc2ccccc2C(C)Br)cc1. The normalized spacial score (nSPS) is 12.9. The van der Waals surface area contributed by atoms with Gasteiger partial charge in [-0.2, -0.15) is 0 Å². The molecule has 0 amide bonds. The Bertz CT molecular complexity index is 694. The Morgan fingerprint density at radius 2 is 1.65 bits per heavy atom. The molecule has 2 rings (SSSR count). The van der Waals surface area contributed by atoms with Crippen molar-refractivity contribution >= 4 is 31.6 Å². The van der Waals surface area contributed by atoms with E-state index >= 15 is 0 Å². The summed E-state index contributed by atoms with van der Waals surface area (Å²) in [6.45, 7) is 3.88. The van der Waals surface area contributed by atoms with Gasteiger partial charge in [0.2, 0.25) is 0 Å². The number of hydrogen-bond acceptors (Lipinski definition) is 2. The van der Waals surface area contributed by atoms with Gasteiger partial charge in [-0.3, -0.25) is 4.72 Å². The van der Waals surface area contributed by atoms with Gasteiger partial charge in [0, 0.05) is 4.83 Å². The van der Waals surface area contributed by atoms with E-state index in [1.54, 1.807) is 30.3 Å². The quantitative estimate of drug-likeness (QED) is 0.835. The summed E-state index contributed by atoms with van der Waals surface area (Å²) in [4.78, 5) is 0.333. The number of hydrogen-bond donors (Lipinski definition) is 1. The van der Waals surface area contributed by atoms with Crippen LogP contribution in [0, 0.1) is 6.92 Å². The second-order valence-corrected chi connectivity index (χ2v) is 7.68. The van der Waals surface area contributed by atoms with Crippen LogP contribution in [0.25, 0.3) is 0 Å². The van der Waals surface area contributed by atoms with Gasteiger partial charge in [-0.25, -0.2) is 8.42 Å². The van der Waals surface area contributed by atoms with Crippen molar-refractivity contribution in [2.24, 2.45) is 0 Å². The van der Waals surface area contributed by atoms with E-state index in [0.717, 1.165) is 11.1 Å². The number of anilines is 1. The van der Waals surface area contributed by atoms with Gasteiger partial charge in [0.15, 0.2) is 0 Å². The summed E-state index contributed by atoms with van der Waals surface area (Å²) in [5, 5.41) is 0. The predicted octanol–water partition coefficient (Wildman–Crippen LogP) is 4.25. The number of benzene rings is 2. The number of halogens is 1. The Labute approximate surface area is 128 Å². The zero-order chi connectivity index (χ0) is 14.8. The third-order valence-electron chi connectivity index (χ3n) is 2.96. The van der Waals surface area contributed by atoms with Crippen molar-refractivity contribution in [3.63, 3.8) is 0 Å². The molecule has 0 aliphatic carbocycles. The molecule has 1 unspecified atom stereocenters. The van der Waals surface area contributed by atoms with E-state index in [1.807, 2.05) is 32.0 Å². The summed E-state index contributed by atoms with van der Waals surface area (Å²) in [6.07, 6.45) is 0. The predicted molar refractivity (Wildman–Crippen MR) is 85.8 cm³/mol. The van der Waals surface area contributed by atoms with Crippen molar-refractivity contribution in [2.75, 3.05) is 4.72 Å². The molecule has 0 aromatic heterocycles. The fourth-order valence-electron chi connectivity index (χ4n) is 1.86. The average molecular weight is 354 g/mol. The second kappa shape index (κ2) is 5.97. The molecule has 0 fully saturated rings. The minimum absolute atomic E-state index is 0.0689. The first kappa shape index (κ1) is 15.1. The molecule has 0 heterocycles. The smallest absolute Gasteiger partial charge is 0.261 e. The standard InChI is InChI=1S/C15H16BrNO2S/c1-11-7-9-13(10-8-11)20(18,19)17-15-6-4-3-5-14(15)12(2)16/h3-10,12,17H,1-2H3. The van der Waals surface area contributed by atoms with Crippen LogP contribution >= 0.6 is 15.9 Å². The van der Waals surface area contributed by atoms with Gasteiger partial charge in [-0.15, -0.1) is 0 Å². The second-order valence-electron chi connectivity index (χ2n) is 4.62. The Kier molecular flexibility index (Phi) is 4.50. The van der Waals surface area contributed by atoms with E-state index in [9.17, 15) is 8.42 Å². The van der Waals surface area contributed by atoms with Crippen molar-refractivity contribution in [3.05, 3.63) is 59.7 Å². The molecule has 5 heteroatoms. The topological polar surface area (TPSA) is 46.2 Å². The lowest BCUT2D eigenvalue weighted by Crippen LogP contribution is -2.14. The Balaban J connectivity index is 2.36. The summed E-state index contributed by atoms with van der Waals surface area (Å²) in [7, 11) is -3.56. The van der Waals surface area contributed by atoms with Gasteiger partial charge in [-0.1, -0.05) is 51.8 Å². The van der Waals surface area contributed by atoms with Gasteiger partial charge in [0.05, 0.1) is 10.6 Å². The summed E-state index contributed by atoms with van der Waals surface area (Å²) < 4.78 is 27.4. The minimum Gasteiger partial charge on any atom is -0.279 e. The van der Waals surface area contributed by atoms with Gasteiger partial charge in [0.1, 0.15) is 0 Å². The number of nitrogens with one attached hydrogen (secondary N) is 1. The van der Waals surface area contributed by atoms with Gasteiger partial charge >= 0.3 is 0 Å². The lowest BCUT2D eigenvalue weighted by molar-refractivity contribution is 0.601. The van der Waals surface area contributed by atoms with Gasteiger partial charge in [0.25, 0.3) is 10.0 Å². The maximum Gasteiger partial charge on any atom is 0.261 e. The number of rotatable bonds is 4. The molecule has 2 aromatic rings. The van der Waals surface area contributed by atoms with E-state index in [4.69, 9.17) is 0 Å². The average Bonchev–Trinajstić information content (AvgIpc) is 2.39. The highest BCUT2D eigenvalue weighted by molar-refractivity contribution is 9.09. The molecule has 0 saturated heterocycles. The van der Waals surface area contributed by atoms with Crippen LogP contribution in [0.4, 0.5) is 5.69 Å². The molecule has 0 aliphatic heterocycles. The monoisotopic (exact) mass is 353 g/mol. The van der Waals surface area contributed by atoms with Crippen molar-refractivity contribution < 1.29 is 8.42 Å². The maximum absolute atomic E-state index is 12.4. The van der Waals surface area contributed by atoms with Crippen LogP contribution in [0.1, 0.15) is 22.9 Å². The molecule has 0 saturated carbocycles. The molecule has 0 aliphatic rings. The van der Waals surface area contributed by atoms with Gasteiger partial charge in [-0.05, 0) is 37.6 Å². The highest BCUT2D eigenvalue weighted by Crippen LogP contribution is 2.30.